The molecule has 0 saturated carbocycles. The third-order valence-corrected chi connectivity index (χ3v) is 5.08. The zero-order chi connectivity index (χ0) is 17.5. The van der Waals surface area contributed by atoms with E-state index in [1.54, 1.807) is 12.4 Å². The van der Waals surface area contributed by atoms with Gasteiger partial charge >= 0.3 is 0 Å². The second-order valence-electron chi connectivity index (χ2n) is 6.80. The Hall–Kier alpha value is -3.14. The molecule has 0 aliphatic carbocycles. The summed E-state index contributed by atoms with van der Waals surface area (Å²) >= 11 is 0. The summed E-state index contributed by atoms with van der Waals surface area (Å²) in [5, 5.41) is 7.08. The first-order chi connectivity index (χ1) is 12.8. The smallest absolute Gasteiger partial charge is 0.213 e. The minimum Gasteiger partial charge on any atom is -0.464 e. The van der Waals surface area contributed by atoms with Gasteiger partial charge in [-0.1, -0.05) is 48.0 Å². The Morgan fingerprint density at radius 3 is 2.54 bits per heavy atom. The van der Waals surface area contributed by atoms with Crippen molar-refractivity contribution in [3.05, 3.63) is 95.3 Å². The van der Waals surface area contributed by atoms with Crippen LogP contribution in [0.5, 0.6) is 5.75 Å². The van der Waals surface area contributed by atoms with E-state index >= 15 is 0 Å². The van der Waals surface area contributed by atoms with Gasteiger partial charge in [0.25, 0.3) is 0 Å². The summed E-state index contributed by atoms with van der Waals surface area (Å²) in [5.41, 5.74) is 5.80. The average Bonchev–Trinajstić information content (AvgIpc) is 3.14. The molecule has 0 spiro atoms. The Morgan fingerprint density at radius 1 is 0.962 bits per heavy atom. The van der Waals surface area contributed by atoms with Crippen LogP contribution < -0.4 is 4.74 Å². The van der Waals surface area contributed by atoms with Crippen LogP contribution in [0.4, 0.5) is 0 Å². The maximum atomic E-state index is 6.33. The lowest BCUT2D eigenvalue weighted by Crippen LogP contribution is -2.33. The number of pyridine rings is 1. The van der Waals surface area contributed by atoms with Gasteiger partial charge in [0, 0.05) is 29.9 Å². The number of nitrogens with zero attached hydrogens (tertiary/aromatic N) is 3. The minimum atomic E-state index is -0.235. The van der Waals surface area contributed by atoms with Crippen molar-refractivity contribution in [1.82, 2.24) is 9.99 Å². The van der Waals surface area contributed by atoms with E-state index in [0.717, 1.165) is 23.4 Å². The summed E-state index contributed by atoms with van der Waals surface area (Å²) in [7, 11) is 0. The lowest BCUT2D eigenvalue weighted by atomic mass is 9.96. The van der Waals surface area contributed by atoms with E-state index in [9.17, 15) is 0 Å². The molecule has 128 valence electrons. The van der Waals surface area contributed by atoms with Gasteiger partial charge < -0.3 is 4.74 Å². The maximum absolute atomic E-state index is 6.33. The Morgan fingerprint density at radius 2 is 1.73 bits per heavy atom. The number of hydrogen-bond donors (Lipinski definition) is 0. The predicted octanol–water partition coefficient (Wildman–Crippen LogP) is 4.63. The Kier molecular flexibility index (Phi) is 3.49. The molecular formula is C22H19N3O. The molecule has 4 heteroatoms. The lowest BCUT2D eigenvalue weighted by Gasteiger charge is -2.38. The normalized spacial score (nSPS) is 20.8. The molecule has 0 saturated heterocycles. The number of ether oxygens (including phenoxy) is 1. The standard InChI is InChI=1S/C22H19N3O/c1-15-6-8-16(9-7-15)19-14-20-18-4-2-3-5-21(18)26-22(25(20)24-19)17-10-12-23-13-11-17/h2-13,20,22H,14H2,1H3/t20-,22+/m0/s1. The minimum absolute atomic E-state index is 0.189. The monoisotopic (exact) mass is 341 g/mol. The third kappa shape index (κ3) is 2.46. The van der Waals surface area contributed by atoms with Crippen LogP contribution in [0.25, 0.3) is 0 Å². The molecule has 4 nitrogen and oxygen atoms in total. The van der Waals surface area contributed by atoms with Gasteiger partial charge in [-0.25, -0.2) is 5.01 Å². The van der Waals surface area contributed by atoms with Crippen LogP contribution in [0.1, 0.15) is 40.9 Å². The van der Waals surface area contributed by atoms with Crippen LogP contribution in [0.3, 0.4) is 0 Å². The fourth-order valence-electron chi connectivity index (χ4n) is 3.70. The number of hydrazone groups is 1. The van der Waals surface area contributed by atoms with Crippen LogP contribution in [-0.2, 0) is 0 Å². The van der Waals surface area contributed by atoms with Gasteiger partial charge in [0.15, 0.2) is 0 Å². The highest BCUT2D eigenvalue weighted by Crippen LogP contribution is 2.47. The van der Waals surface area contributed by atoms with Gasteiger partial charge in [0.2, 0.25) is 6.23 Å². The average molecular weight is 341 g/mol. The Balaban J connectivity index is 1.59. The first-order valence-corrected chi connectivity index (χ1v) is 8.88. The van der Waals surface area contributed by atoms with E-state index in [2.05, 4.69) is 53.3 Å². The molecule has 0 fully saturated rings. The molecule has 5 rings (SSSR count). The summed E-state index contributed by atoms with van der Waals surface area (Å²) < 4.78 is 6.33. The highest BCUT2D eigenvalue weighted by molar-refractivity contribution is 6.02. The van der Waals surface area contributed by atoms with Gasteiger partial charge in [-0.3, -0.25) is 4.98 Å². The van der Waals surface area contributed by atoms with Crippen molar-refractivity contribution in [1.29, 1.82) is 0 Å². The summed E-state index contributed by atoms with van der Waals surface area (Å²) in [6.07, 6.45) is 4.25. The number of benzene rings is 2. The van der Waals surface area contributed by atoms with Crippen molar-refractivity contribution in [3.63, 3.8) is 0 Å². The topological polar surface area (TPSA) is 37.7 Å². The number of para-hydroxylation sites is 1. The molecule has 0 radical (unpaired) electrons. The van der Waals surface area contributed by atoms with Crippen molar-refractivity contribution in [2.45, 2.75) is 25.6 Å². The van der Waals surface area contributed by atoms with E-state index < -0.39 is 0 Å². The number of fused-ring (bicyclic) bond motifs is 3. The summed E-state index contributed by atoms with van der Waals surface area (Å²) in [6, 6.07) is 21.0. The first kappa shape index (κ1) is 15.1. The van der Waals surface area contributed by atoms with Gasteiger partial charge in [-0.05, 0) is 30.7 Å². The van der Waals surface area contributed by atoms with Crippen LogP contribution in [0.2, 0.25) is 0 Å². The molecule has 0 N–H and O–H groups in total. The third-order valence-electron chi connectivity index (χ3n) is 5.08. The zero-order valence-corrected chi connectivity index (χ0v) is 14.5. The quantitative estimate of drug-likeness (QED) is 0.682. The fraction of sp³-hybridized carbons (Fsp3) is 0.182. The molecule has 0 unspecified atom stereocenters. The second-order valence-corrected chi connectivity index (χ2v) is 6.80. The number of aryl methyl sites for hydroxylation is 1. The molecule has 3 aromatic rings. The molecule has 2 aliphatic heterocycles. The van der Waals surface area contributed by atoms with Crippen molar-refractivity contribution in [3.8, 4) is 5.75 Å². The van der Waals surface area contributed by atoms with E-state index in [-0.39, 0.29) is 12.3 Å². The maximum Gasteiger partial charge on any atom is 0.213 e. The fourth-order valence-corrected chi connectivity index (χ4v) is 3.70. The van der Waals surface area contributed by atoms with Crippen molar-refractivity contribution in [2.24, 2.45) is 5.10 Å². The Bertz CT molecular complexity index is 966. The van der Waals surface area contributed by atoms with Gasteiger partial charge in [-0.2, -0.15) is 5.10 Å². The zero-order valence-electron chi connectivity index (χ0n) is 14.5. The van der Waals surface area contributed by atoms with Crippen molar-refractivity contribution in [2.75, 3.05) is 0 Å². The largest absolute Gasteiger partial charge is 0.464 e. The van der Waals surface area contributed by atoms with Gasteiger partial charge in [0.1, 0.15) is 5.75 Å². The molecule has 0 amide bonds. The highest BCUT2D eigenvalue weighted by Gasteiger charge is 2.40. The predicted molar refractivity (Wildman–Crippen MR) is 101 cm³/mol. The van der Waals surface area contributed by atoms with E-state index in [0.29, 0.717) is 0 Å². The molecule has 2 aromatic carbocycles. The molecule has 0 bridgehead atoms. The number of rotatable bonds is 2. The number of aromatic nitrogens is 1. The summed E-state index contributed by atoms with van der Waals surface area (Å²) in [5.74, 6) is 0.941. The van der Waals surface area contributed by atoms with E-state index in [1.165, 1.54) is 16.7 Å². The first-order valence-electron chi connectivity index (χ1n) is 8.88. The molecule has 2 aliphatic rings. The van der Waals surface area contributed by atoms with E-state index in [1.807, 2.05) is 24.3 Å². The van der Waals surface area contributed by atoms with Crippen LogP contribution >= 0.6 is 0 Å². The summed E-state index contributed by atoms with van der Waals surface area (Å²) in [6.45, 7) is 2.10. The van der Waals surface area contributed by atoms with Crippen LogP contribution in [-0.4, -0.2) is 15.7 Å². The second kappa shape index (κ2) is 5.99. The van der Waals surface area contributed by atoms with Crippen LogP contribution in [0, 0.1) is 6.92 Å². The molecule has 26 heavy (non-hydrogen) atoms. The molecular weight excluding hydrogens is 322 g/mol. The molecule has 2 atom stereocenters. The van der Waals surface area contributed by atoms with Gasteiger partial charge in [-0.15, -0.1) is 0 Å². The highest BCUT2D eigenvalue weighted by atomic mass is 16.5. The van der Waals surface area contributed by atoms with Crippen molar-refractivity contribution < 1.29 is 4.74 Å². The number of hydrogen-bond acceptors (Lipinski definition) is 4. The molecule has 1 aromatic heterocycles. The Labute approximate surface area is 152 Å². The SMILES string of the molecule is Cc1ccc(C2=NN3[C@@H](c4ccncc4)Oc4ccccc4[C@@H]3C2)cc1. The lowest BCUT2D eigenvalue weighted by molar-refractivity contribution is -0.0190. The van der Waals surface area contributed by atoms with Crippen LogP contribution in [0.15, 0.2) is 78.2 Å². The molecule has 3 heterocycles. The van der Waals surface area contributed by atoms with Gasteiger partial charge in [0.05, 0.1) is 11.8 Å². The summed E-state index contributed by atoms with van der Waals surface area (Å²) in [4.78, 5) is 4.13. The van der Waals surface area contributed by atoms with E-state index in [4.69, 9.17) is 9.84 Å². The van der Waals surface area contributed by atoms with Crippen molar-refractivity contribution >= 4 is 5.71 Å².